The molecule has 1 aliphatic heterocycles. The van der Waals surface area contributed by atoms with Crippen LogP contribution >= 0.6 is 11.3 Å². The molecule has 3 rings (SSSR count). The van der Waals surface area contributed by atoms with E-state index in [-0.39, 0.29) is 11.8 Å². The Labute approximate surface area is 149 Å². The molecule has 1 atom stereocenters. The van der Waals surface area contributed by atoms with Crippen LogP contribution in [0.25, 0.3) is 10.7 Å². The number of rotatable bonds is 3. The molecule has 1 N–H and O–H groups in total. The molecule has 2 amide bonds. The van der Waals surface area contributed by atoms with Gasteiger partial charge in [-0.2, -0.15) is 0 Å². The first-order chi connectivity index (χ1) is 12.0. The van der Waals surface area contributed by atoms with Gasteiger partial charge in [0.2, 0.25) is 0 Å². The summed E-state index contributed by atoms with van der Waals surface area (Å²) >= 11 is 1.34. The number of nitrogens with zero attached hydrogens (tertiary/aromatic N) is 4. The third kappa shape index (κ3) is 3.69. The lowest BCUT2D eigenvalue weighted by atomic mass is 10.2. The van der Waals surface area contributed by atoms with Crippen molar-refractivity contribution in [2.45, 2.75) is 20.0 Å². The molecule has 1 unspecified atom stereocenters. The Morgan fingerprint density at radius 1 is 1.20 bits per heavy atom. The minimum absolute atomic E-state index is 0.0682. The van der Waals surface area contributed by atoms with E-state index >= 15 is 0 Å². The summed E-state index contributed by atoms with van der Waals surface area (Å²) in [6.45, 7) is 5.05. The van der Waals surface area contributed by atoms with Gasteiger partial charge in [0, 0.05) is 32.4 Å². The second kappa shape index (κ2) is 7.28. The molecule has 0 radical (unpaired) electrons. The molecule has 2 aromatic heterocycles. The summed E-state index contributed by atoms with van der Waals surface area (Å²) in [5.41, 5.74) is 1.44. The summed E-state index contributed by atoms with van der Waals surface area (Å²) in [5, 5.41) is 10.1. The van der Waals surface area contributed by atoms with E-state index in [0.29, 0.717) is 36.8 Å². The molecule has 1 fully saturated rings. The Hall–Kier alpha value is -2.32. The van der Waals surface area contributed by atoms with E-state index in [1.165, 1.54) is 18.3 Å². The highest BCUT2D eigenvalue weighted by molar-refractivity contribution is 7.17. The zero-order valence-corrected chi connectivity index (χ0v) is 15.0. The molecule has 7 nitrogen and oxygen atoms in total. The molecular formula is C17H20N4O3S. The number of aliphatic hydroxyl groups is 1. The van der Waals surface area contributed by atoms with Crippen molar-refractivity contribution in [1.29, 1.82) is 0 Å². The van der Waals surface area contributed by atoms with Crippen LogP contribution in [0.4, 0.5) is 0 Å². The van der Waals surface area contributed by atoms with Crippen molar-refractivity contribution in [3.8, 4) is 10.7 Å². The number of piperazine rings is 1. The van der Waals surface area contributed by atoms with Crippen LogP contribution < -0.4 is 0 Å². The van der Waals surface area contributed by atoms with Crippen LogP contribution in [0.3, 0.4) is 0 Å². The van der Waals surface area contributed by atoms with E-state index in [9.17, 15) is 14.7 Å². The zero-order chi connectivity index (χ0) is 18.0. The average molecular weight is 360 g/mol. The molecule has 25 heavy (non-hydrogen) atoms. The van der Waals surface area contributed by atoms with Gasteiger partial charge in [0.05, 0.1) is 11.4 Å². The summed E-state index contributed by atoms with van der Waals surface area (Å²) in [7, 11) is 0. The van der Waals surface area contributed by atoms with Crippen molar-refractivity contribution in [2.75, 3.05) is 26.2 Å². The summed E-state index contributed by atoms with van der Waals surface area (Å²) in [4.78, 5) is 37.3. The van der Waals surface area contributed by atoms with E-state index in [0.717, 1.165) is 10.7 Å². The first kappa shape index (κ1) is 17.5. The fraction of sp³-hybridized carbons (Fsp3) is 0.412. The molecule has 0 aliphatic carbocycles. The second-order valence-corrected chi connectivity index (χ2v) is 6.94. The highest BCUT2D eigenvalue weighted by atomic mass is 32.1. The normalized spacial score (nSPS) is 16.0. The summed E-state index contributed by atoms with van der Waals surface area (Å²) in [6.07, 6.45) is 0.693. The first-order valence-electron chi connectivity index (χ1n) is 8.12. The predicted molar refractivity (Wildman–Crippen MR) is 94.2 cm³/mol. The van der Waals surface area contributed by atoms with Gasteiger partial charge in [-0.3, -0.25) is 14.6 Å². The molecule has 0 bridgehead atoms. The van der Waals surface area contributed by atoms with Crippen LogP contribution in [0, 0.1) is 6.92 Å². The van der Waals surface area contributed by atoms with Crippen molar-refractivity contribution >= 4 is 23.2 Å². The van der Waals surface area contributed by atoms with Gasteiger partial charge in [-0.1, -0.05) is 6.07 Å². The average Bonchev–Trinajstić information content (AvgIpc) is 3.03. The monoisotopic (exact) mass is 360 g/mol. The van der Waals surface area contributed by atoms with Gasteiger partial charge in [-0.25, -0.2) is 4.98 Å². The first-order valence-corrected chi connectivity index (χ1v) is 8.94. The lowest BCUT2D eigenvalue weighted by Gasteiger charge is -2.35. The maximum atomic E-state index is 12.8. The number of carbonyl (C=O) groups is 2. The highest BCUT2D eigenvalue weighted by Crippen LogP contribution is 2.27. The number of hydrogen-bond donors (Lipinski definition) is 1. The standard InChI is InChI=1S/C17H20N4O3S/c1-11-14(25-15(19-11)13-5-3-4-6-18-13)17(24)21-9-7-20(8-10-21)16(23)12(2)22/h3-6,12,22H,7-10H2,1-2H3. The number of aryl methyl sites for hydroxylation is 1. The number of aromatic nitrogens is 2. The highest BCUT2D eigenvalue weighted by Gasteiger charge is 2.28. The topological polar surface area (TPSA) is 86.6 Å². The number of pyridine rings is 1. The van der Waals surface area contributed by atoms with Crippen molar-refractivity contribution < 1.29 is 14.7 Å². The van der Waals surface area contributed by atoms with Crippen LogP contribution in [0.5, 0.6) is 0 Å². The second-order valence-electron chi connectivity index (χ2n) is 5.94. The molecule has 1 saturated heterocycles. The molecule has 8 heteroatoms. The zero-order valence-electron chi connectivity index (χ0n) is 14.2. The van der Waals surface area contributed by atoms with Gasteiger partial charge in [-0.15, -0.1) is 11.3 Å². The molecule has 0 spiro atoms. The van der Waals surface area contributed by atoms with Crippen molar-refractivity contribution in [3.63, 3.8) is 0 Å². The number of thiazole rings is 1. The Morgan fingerprint density at radius 3 is 2.48 bits per heavy atom. The molecule has 2 aromatic rings. The number of carbonyl (C=O) groups excluding carboxylic acids is 2. The molecule has 0 saturated carbocycles. The van der Waals surface area contributed by atoms with E-state index in [4.69, 9.17) is 0 Å². The lowest BCUT2D eigenvalue weighted by Crippen LogP contribution is -2.52. The van der Waals surface area contributed by atoms with Crippen LogP contribution in [0.15, 0.2) is 24.4 Å². The minimum atomic E-state index is -1.01. The smallest absolute Gasteiger partial charge is 0.265 e. The number of amides is 2. The Morgan fingerprint density at radius 2 is 1.88 bits per heavy atom. The van der Waals surface area contributed by atoms with Crippen molar-refractivity contribution in [3.05, 3.63) is 35.0 Å². The fourth-order valence-electron chi connectivity index (χ4n) is 2.73. The Bertz CT molecular complexity index is 767. The Kier molecular flexibility index (Phi) is 5.10. The van der Waals surface area contributed by atoms with Gasteiger partial charge < -0.3 is 14.9 Å². The Balaban J connectivity index is 1.70. The quantitative estimate of drug-likeness (QED) is 0.888. The fourth-order valence-corrected chi connectivity index (χ4v) is 3.74. The molecular weight excluding hydrogens is 340 g/mol. The van der Waals surface area contributed by atoms with Gasteiger partial charge in [-0.05, 0) is 26.0 Å². The van der Waals surface area contributed by atoms with Crippen LogP contribution in [0.2, 0.25) is 0 Å². The van der Waals surface area contributed by atoms with Crippen molar-refractivity contribution in [2.24, 2.45) is 0 Å². The van der Waals surface area contributed by atoms with Gasteiger partial charge >= 0.3 is 0 Å². The molecule has 1 aliphatic rings. The van der Waals surface area contributed by atoms with Gasteiger partial charge in [0.1, 0.15) is 16.0 Å². The predicted octanol–water partition coefficient (Wildman–Crippen LogP) is 1.18. The minimum Gasteiger partial charge on any atom is -0.384 e. The molecule has 0 aromatic carbocycles. The summed E-state index contributed by atoms with van der Waals surface area (Å²) in [5.74, 6) is -0.361. The largest absolute Gasteiger partial charge is 0.384 e. The van der Waals surface area contributed by atoms with E-state index in [2.05, 4.69) is 9.97 Å². The van der Waals surface area contributed by atoms with E-state index in [1.54, 1.807) is 16.0 Å². The maximum absolute atomic E-state index is 12.8. The van der Waals surface area contributed by atoms with Gasteiger partial charge in [0.25, 0.3) is 11.8 Å². The van der Waals surface area contributed by atoms with Crippen LogP contribution in [-0.2, 0) is 4.79 Å². The maximum Gasteiger partial charge on any atom is 0.265 e. The van der Waals surface area contributed by atoms with Crippen molar-refractivity contribution in [1.82, 2.24) is 19.8 Å². The van der Waals surface area contributed by atoms with Crippen LogP contribution in [-0.4, -0.2) is 69.0 Å². The number of hydrogen-bond acceptors (Lipinski definition) is 6. The number of aliphatic hydroxyl groups excluding tert-OH is 1. The third-order valence-corrected chi connectivity index (χ3v) is 5.28. The van der Waals surface area contributed by atoms with Gasteiger partial charge in [0.15, 0.2) is 0 Å². The van der Waals surface area contributed by atoms with E-state index in [1.807, 2.05) is 25.1 Å². The SMILES string of the molecule is Cc1nc(-c2ccccn2)sc1C(=O)N1CCN(C(=O)C(C)O)CC1. The summed E-state index contributed by atoms with van der Waals surface area (Å²) < 4.78 is 0. The molecule has 132 valence electrons. The lowest BCUT2D eigenvalue weighted by molar-refractivity contribution is -0.140. The van der Waals surface area contributed by atoms with Crippen LogP contribution in [0.1, 0.15) is 22.3 Å². The summed E-state index contributed by atoms with van der Waals surface area (Å²) in [6, 6.07) is 5.59. The molecule has 3 heterocycles. The third-order valence-electron chi connectivity index (χ3n) is 4.11. The van der Waals surface area contributed by atoms with E-state index < -0.39 is 6.10 Å².